The van der Waals surface area contributed by atoms with Crippen molar-refractivity contribution in [1.82, 2.24) is 5.32 Å². The van der Waals surface area contributed by atoms with Gasteiger partial charge in [-0.3, -0.25) is 0 Å². The van der Waals surface area contributed by atoms with Crippen LogP contribution in [0.4, 0.5) is 0 Å². The highest BCUT2D eigenvalue weighted by atomic mass is 16.5. The largest absolute Gasteiger partial charge is 0.377 e. The van der Waals surface area contributed by atoms with Gasteiger partial charge in [0.25, 0.3) is 0 Å². The number of hydrogen-bond acceptors (Lipinski definition) is 2. The molecule has 1 aliphatic rings. The van der Waals surface area contributed by atoms with Gasteiger partial charge in [0.2, 0.25) is 0 Å². The van der Waals surface area contributed by atoms with Gasteiger partial charge >= 0.3 is 0 Å². The van der Waals surface area contributed by atoms with Crippen molar-refractivity contribution in [3.05, 3.63) is 0 Å². The van der Waals surface area contributed by atoms with Crippen LogP contribution in [0.1, 0.15) is 60.3 Å². The van der Waals surface area contributed by atoms with Gasteiger partial charge in [-0.15, -0.1) is 0 Å². The lowest BCUT2D eigenvalue weighted by molar-refractivity contribution is 0.0155. The molecule has 1 aliphatic carbocycles. The lowest BCUT2D eigenvalue weighted by Gasteiger charge is -2.39. The lowest BCUT2D eigenvalue weighted by atomic mass is 9.72. The van der Waals surface area contributed by atoms with Gasteiger partial charge in [-0.25, -0.2) is 0 Å². The topological polar surface area (TPSA) is 21.3 Å². The number of ether oxygens (including phenoxy) is 1. The van der Waals surface area contributed by atoms with Crippen LogP contribution in [0.2, 0.25) is 0 Å². The average Bonchev–Trinajstić information content (AvgIpc) is 2.34. The molecule has 0 aliphatic heterocycles. The van der Waals surface area contributed by atoms with Gasteiger partial charge in [-0.05, 0) is 57.4 Å². The maximum atomic E-state index is 5.85. The molecule has 2 nitrogen and oxygen atoms in total. The molecule has 0 amide bonds. The van der Waals surface area contributed by atoms with Gasteiger partial charge in [0.05, 0.1) is 6.10 Å². The van der Waals surface area contributed by atoms with Gasteiger partial charge in [-0.2, -0.15) is 0 Å². The highest BCUT2D eigenvalue weighted by Gasteiger charge is 2.32. The monoisotopic (exact) mass is 255 g/mol. The Balaban J connectivity index is 2.58. The molecule has 0 heterocycles. The van der Waals surface area contributed by atoms with E-state index in [1.165, 1.54) is 25.7 Å². The van der Waals surface area contributed by atoms with Crippen LogP contribution >= 0.6 is 0 Å². The maximum absolute atomic E-state index is 5.85. The summed E-state index contributed by atoms with van der Waals surface area (Å²) in [6.45, 7) is 13.3. The molecular weight excluding hydrogens is 222 g/mol. The summed E-state index contributed by atoms with van der Waals surface area (Å²) in [6.07, 6.45) is 5.65. The molecule has 0 aromatic rings. The molecule has 1 saturated carbocycles. The number of hydrogen-bond donors (Lipinski definition) is 1. The predicted molar refractivity (Wildman–Crippen MR) is 78.8 cm³/mol. The smallest absolute Gasteiger partial charge is 0.0702 e. The number of nitrogens with one attached hydrogen (secondary N) is 1. The molecule has 5 atom stereocenters. The van der Waals surface area contributed by atoms with Crippen LogP contribution in [0.25, 0.3) is 0 Å². The molecule has 108 valence electrons. The van der Waals surface area contributed by atoms with Gasteiger partial charge in [-0.1, -0.05) is 27.2 Å². The minimum Gasteiger partial charge on any atom is -0.377 e. The van der Waals surface area contributed by atoms with Crippen LogP contribution in [0.3, 0.4) is 0 Å². The molecule has 0 radical (unpaired) electrons. The molecule has 0 saturated heterocycles. The molecule has 0 spiro atoms. The van der Waals surface area contributed by atoms with Gasteiger partial charge in [0.1, 0.15) is 0 Å². The van der Waals surface area contributed by atoms with Crippen molar-refractivity contribution in [3.63, 3.8) is 0 Å². The summed E-state index contributed by atoms with van der Waals surface area (Å²) >= 11 is 0. The zero-order chi connectivity index (χ0) is 13.5. The maximum Gasteiger partial charge on any atom is 0.0702 e. The van der Waals surface area contributed by atoms with Gasteiger partial charge < -0.3 is 10.1 Å². The second-order valence-electron chi connectivity index (χ2n) is 6.17. The van der Waals surface area contributed by atoms with Crippen molar-refractivity contribution < 1.29 is 4.74 Å². The van der Waals surface area contributed by atoms with E-state index in [0.717, 1.165) is 30.9 Å². The Hall–Kier alpha value is -0.0800. The molecule has 2 heteroatoms. The van der Waals surface area contributed by atoms with Crippen LogP contribution in [-0.4, -0.2) is 25.3 Å². The summed E-state index contributed by atoms with van der Waals surface area (Å²) in [5.41, 5.74) is 0. The first-order valence-corrected chi connectivity index (χ1v) is 7.95. The van der Waals surface area contributed by atoms with Crippen LogP contribution < -0.4 is 5.32 Å². The van der Waals surface area contributed by atoms with Gasteiger partial charge in [0, 0.05) is 12.6 Å². The standard InChI is InChI=1S/C16H33NO/c1-6-10-17-16(14(5)18-7-2)15-9-8-12(3)13(4)11-15/h12-17H,6-11H2,1-5H3. The summed E-state index contributed by atoms with van der Waals surface area (Å²) in [5, 5.41) is 3.73. The first-order chi connectivity index (χ1) is 8.60. The van der Waals surface area contributed by atoms with Crippen LogP contribution in [-0.2, 0) is 4.74 Å². The Kier molecular flexibility index (Phi) is 7.25. The number of rotatable bonds is 7. The molecule has 0 aromatic carbocycles. The quantitative estimate of drug-likeness (QED) is 0.746. The first kappa shape index (κ1) is 16.0. The third-order valence-electron chi connectivity index (χ3n) is 4.71. The van der Waals surface area contributed by atoms with E-state index in [4.69, 9.17) is 4.74 Å². The Morgan fingerprint density at radius 1 is 1.17 bits per heavy atom. The SMILES string of the molecule is CCCNC(C1CCC(C)C(C)C1)C(C)OCC. The van der Waals surface area contributed by atoms with Crippen LogP contribution in [0.5, 0.6) is 0 Å². The molecule has 1 N–H and O–H groups in total. The van der Waals surface area contributed by atoms with E-state index < -0.39 is 0 Å². The highest BCUT2D eigenvalue weighted by Crippen LogP contribution is 2.36. The normalized spacial score (nSPS) is 32.2. The van der Waals surface area contributed by atoms with E-state index in [2.05, 4.69) is 39.9 Å². The fourth-order valence-corrected chi connectivity index (χ4v) is 3.31. The zero-order valence-corrected chi connectivity index (χ0v) is 13.0. The summed E-state index contributed by atoms with van der Waals surface area (Å²) in [6, 6.07) is 0.542. The third-order valence-corrected chi connectivity index (χ3v) is 4.71. The fraction of sp³-hybridized carbons (Fsp3) is 1.00. The van der Waals surface area contributed by atoms with Crippen molar-refractivity contribution in [2.45, 2.75) is 72.4 Å². The second kappa shape index (κ2) is 8.16. The highest BCUT2D eigenvalue weighted by molar-refractivity contribution is 4.87. The zero-order valence-electron chi connectivity index (χ0n) is 13.0. The van der Waals surface area contributed by atoms with Crippen molar-refractivity contribution in [2.24, 2.45) is 17.8 Å². The van der Waals surface area contributed by atoms with E-state index in [9.17, 15) is 0 Å². The van der Waals surface area contributed by atoms with Crippen molar-refractivity contribution >= 4 is 0 Å². The first-order valence-electron chi connectivity index (χ1n) is 7.95. The van der Waals surface area contributed by atoms with E-state index >= 15 is 0 Å². The molecular formula is C16H33NO. The molecule has 5 unspecified atom stereocenters. The molecule has 1 rings (SSSR count). The second-order valence-corrected chi connectivity index (χ2v) is 6.17. The Morgan fingerprint density at radius 2 is 1.89 bits per heavy atom. The minimum atomic E-state index is 0.340. The van der Waals surface area contributed by atoms with Crippen molar-refractivity contribution in [3.8, 4) is 0 Å². The fourth-order valence-electron chi connectivity index (χ4n) is 3.31. The van der Waals surface area contributed by atoms with Crippen molar-refractivity contribution in [2.75, 3.05) is 13.2 Å². The Bertz CT molecular complexity index is 219. The Morgan fingerprint density at radius 3 is 2.44 bits per heavy atom. The molecule has 0 aromatic heterocycles. The van der Waals surface area contributed by atoms with Crippen LogP contribution in [0, 0.1) is 17.8 Å². The molecule has 18 heavy (non-hydrogen) atoms. The lowest BCUT2D eigenvalue weighted by Crippen LogP contribution is -2.47. The molecule has 1 fully saturated rings. The van der Waals surface area contributed by atoms with Crippen molar-refractivity contribution in [1.29, 1.82) is 0 Å². The minimum absolute atomic E-state index is 0.340. The summed E-state index contributed by atoms with van der Waals surface area (Å²) in [5.74, 6) is 2.56. The average molecular weight is 255 g/mol. The predicted octanol–water partition coefficient (Wildman–Crippen LogP) is 3.85. The van der Waals surface area contributed by atoms with Gasteiger partial charge in [0.15, 0.2) is 0 Å². The summed E-state index contributed by atoms with van der Waals surface area (Å²) in [7, 11) is 0. The molecule has 0 bridgehead atoms. The Labute approximate surface area is 114 Å². The summed E-state index contributed by atoms with van der Waals surface area (Å²) in [4.78, 5) is 0. The van der Waals surface area contributed by atoms with E-state index in [0.29, 0.717) is 12.1 Å². The van der Waals surface area contributed by atoms with E-state index in [1.807, 2.05) is 0 Å². The third kappa shape index (κ3) is 4.55. The van der Waals surface area contributed by atoms with Crippen LogP contribution in [0.15, 0.2) is 0 Å². The van der Waals surface area contributed by atoms with E-state index in [-0.39, 0.29) is 0 Å². The van der Waals surface area contributed by atoms with E-state index in [1.54, 1.807) is 0 Å². The summed E-state index contributed by atoms with van der Waals surface area (Å²) < 4.78 is 5.85.